The summed E-state index contributed by atoms with van der Waals surface area (Å²) in [6.45, 7) is 3.84. The maximum absolute atomic E-state index is 12.0. The molecule has 0 aliphatic heterocycles. The summed E-state index contributed by atoms with van der Waals surface area (Å²) in [7, 11) is 0. The second-order valence-corrected chi connectivity index (χ2v) is 5.07. The molecule has 0 radical (unpaired) electrons. The summed E-state index contributed by atoms with van der Waals surface area (Å²) in [5, 5.41) is 1.96. The lowest BCUT2D eigenvalue weighted by atomic mass is 9.85. The monoisotopic (exact) mass is 223 g/mol. The number of carbonyl (C=O) groups is 1. The van der Waals surface area contributed by atoms with Gasteiger partial charge >= 0.3 is 0 Å². The summed E-state index contributed by atoms with van der Waals surface area (Å²) in [6, 6.07) is 3.85. The van der Waals surface area contributed by atoms with Gasteiger partial charge in [-0.25, -0.2) is 0 Å². The van der Waals surface area contributed by atoms with E-state index in [4.69, 9.17) is 0 Å². The Labute approximate surface area is 94.9 Å². The molecule has 1 amide bonds. The van der Waals surface area contributed by atoms with Crippen molar-refractivity contribution in [3.63, 3.8) is 0 Å². The molecule has 2 rings (SSSR count). The van der Waals surface area contributed by atoms with Gasteiger partial charge in [-0.1, -0.05) is 12.5 Å². The van der Waals surface area contributed by atoms with Crippen LogP contribution in [0.5, 0.6) is 0 Å². The van der Waals surface area contributed by atoms with Crippen LogP contribution >= 0.6 is 11.3 Å². The zero-order valence-electron chi connectivity index (χ0n) is 9.11. The number of hydrogen-bond donors (Lipinski definition) is 0. The van der Waals surface area contributed by atoms with Gasteiger partial charge in [-0.2, -0.15) is 0 Å². The van der Waals surface area contributed by atoms with Crippen LogP contribution in [0.25, 0.3) is 0 Å². The predicted octanol–water partition coefficient (Wildman–Crippen LogP) is 3.01. The third-order valence-corrected chi connectivity index (χ3v) is 3.96. The summed E-state index contributed by atoms with van der Waals surface area (Å²) in [5.41, 5.74) is 0. The molecule has 1 saturated carbocycles. The first-order valence-electron chi connectivity index (χ1n) is 5.64. The van der Waals surface area contributed by atoms with Crippen LogP contribution in [0.3, 0.4) is 0 Å². The molecule has 1 aliphatic rings. The fraction of sp³-hybridized carbons (Fsp3) is 0.583. The zero-order valence-corrected chi connectivity index (χ0v) is 9.93. The second-order valence-electron chi connectivity index (χ2n) is 4.12. The van der Waals surface area contributed by atoms with E-state index in [2.05, 4.69) is 6.92 Å². The van der Waals surface area contributed by atoms with Crippen LogP contribution in [0, 0.1) is 5.92 Å². The third-order valence-electron chi connectivity index (χ3n) is 3.10. The maximum Gasteiger partial charge on any atom is 0.263 e. The standard InChI is InChI=1S/C12H17NOS/c1-2-13(9-10-5-3-6-10)12(14)11-7-4-8-15-11/h4,7-8,10H,2-3,5-6,9H2,1H3. The van der Waals surface area contributed by atoms with Gasteiger partial charge in [0, 0.05) is 13.1 Å². The van der Waals surface area contributed by atoms with Gasteiger partial charge in [-0.05, 0) is 37.1 Å². The van der Waals surface area contributed by atoms with E-state index in [1.165, 1.54) is 30.6 Å². The van der Waals surface area contributed by atoms with E-state index in [1.54, 1.807) is 0 Å². The van der Waals surface area contributed by atoms with Crippen LogP contribution < -0.4 is 0 Å². The Kier molecular flexibility index (Phi) is 3.41. The molecule has 2 nitrogen and oxygen atoms in total. The quantitative estimate of drug-likeness (QED) is 0.768. The van der Waals surface area contributed by atoms with Gasteiger partial charge in [0.25, 0.3) is 5.91 Å². The van der Waals surface area contributed by atoms with E-state index >= 15 is 0 Å². The molecule has 0 saturated heterocycles. The van der Waals surface area contributed by atoms with Gasteiger partial charge in [0.05, 0.1) is 4.88 Å². The largest absolute Gasteiger partial charge is 0.338 e. The van der Waals surface area contributed by atoms with Crippen LogP contribution in [0.2, 0.25) is 0 Å². The first kappa shape index (κ1) is 10.7. The Balaban J connectivity index is 1.96. The van der Waals surface area contributed by atoms with Gasteiger partial charge in [-0.3, -0.25) is 4.79 Å². The van der Waals surface area contributed by atoms with Crippen molar-refractivity contribution in [2.24, 2.45) is 5.92 Å². The first-order valence-corrected chi connectivity index (χ1v) is 6.52. The molecular weight excluding hydrogens is 206 g/mol. The van der Waals surface area contributed by atoms with Crippen molar-refractivity contribution in [2.75, 3.05) is 13.1 Å². The Bertz CT molecular complexity index is 316. The van der Waals surface area contributed by atoms with E-state index in [9.17, 15) is 4.79 Å². The average Bonchev–Trinajstić information content (AvgIpc) is 2.68. The number of rotatable bonds is 4. The Hall–Kier alpha value is -0.830. The second kappa shape index (κ2) is 4.79. The van der Waals surface area contributed by atoms with Crippen LogP contribution in [-0.2, 0) is 0 Å². The molecule has 1 aromatic heterocycles. The molecular formula is C12H17NOS. The van der Waals surface area contributed by atoms with Crippen LogP contribution in [0.15, 0.2) is 17.5 Å². The highest BCUT2D eigenvalue weighted by atomic mass is 32.1. The van der Waals surface area contributed by atoms with Gasteiger partial charge in [0.15, 0.2) is 0 Å². The number of amides is 1. The third kappa shape index (κ3) is 2.40. The predicted molar refractivity (Wildman–Crippen MR) is 63.2 cm³/mol. The molecule has 1 aliphatic carbocycles. The molecule has 82 valence electrons. The number of nitrogens with zero attached hydrogens (tertiary/aromatic N) is 1. The Morgan fingerprint density at radius 2 is 2.40 bits per heavy atom. The minimum atomic E-state index is 0.208. The normalized spacial score (nSPS) is 16.1. The molecule has 1 aromatic rings. The van der Waals surface area contributed by atoms with E-state index in [-0.39, 0.29) is 5.91 Å². The van der Waals surface area contributed by atoms with E-state index in [1.807, 2.05) is 22.4 Å². The number of hydrogen-bond acceptors (Lipinski definition) is 2. The topological polar surface area (TPSA) is 20.3 Å². The van der Waals surface area contributed by atoms with Crippen LogP contribution in [0.1, 0.15) is 35.9 Å². The smallest absolute Gasteiger partial charge is 0.263 e. The molecule has 3 heteroatoms. The van der Waals surface area contributed by atoms with Gasteiger partial charge in [0.1, 0.15) is 0 Å². The van der Waals surface area contributed by atoms with Crippen molar-refractivity contribution in [3.8, 4) is 0 Å². The number of thiophene rings is 1. The summed E-state index contributed by atoms with van der Waals surface area (Å²) < 4.78 is 0. The SMILES string of the molecule is CCN(CC1CCC1)C(=O)c1cccs1. The minimum absolute atomic E-state index is 0.208. The molecule has 0 atom stereocenters. The van der Waals surface area contributed by atoms with Crippen molar-refractivity contribution in [3.05, 3.63) is 22.4 Å². The molecule has 0 aromatic carbocycles. The highest BCUT2D eigenvalue weighted by molar-refractivity contribution is 7.12. The van der Waals surface area contributed by atoms with Crippen molar-refractivity contribution >= 4 is 17.2 Å². The first-order chi connectivity index (χ1) is 7.31. The number of carbonyl (C=O) groups excluding carboxylic acids is 1. The average molecular weight is 223 g/mol. The van der Waals surface area contributed by atoms with E-state index in [0.717, 1.165) is 23.9 Å². The highest BCUT2D eigenvalue weighted by Crippen LogP contribution is 2.27. The molecule has 0 spiro atoms. The van der Waals surface area contributed by atoms with Crippen molar-refractivity contribution < 1.29 is 4.79 Å². The maximum atomic E-state index is 12.0. The fourth-order valence-electron chi connectivity index (χ4n) is 1.90. The fourth-order valence-corrected chi connectivity index (χ4v) is 2.59. The molecule has 0 bridgehead atoms. The lowest BCUT2D eigenvalue weighted by Gasteiger charge is -2.31. The van der Waals surface area contributed by atoms with Crippen molar-refractivity contribution in [1.82, 2.24) is 4.90 Å². The van der Waals surface area contributed by atoms with Gasteiger partial charge in [0.2, 0.25) is 0 Å². The van der Waals surface area contributed by atoms with Gasteiger partial charge in [-0.15, -0.1) is 11.3 Å². The highest BCUT2D eigenvalue weighted by Gasteiger charge is 2.23. The summed E-state index contributed by atoms with van der Waals surface area (Å²) in [5.74, 6) is 0.966. The molecule has 0 unspecified atom stereocenters. The van der Waals surface area contributed by atoms with Gasteiger partial charge < -0.3 is 4.90 Å². The van der Waals surface area contributed by atoms with E-state index < -0.39 is 0 Å². The zero-order chi connectivity index (χ0) is 10.7. The van der Waals surface area contributed by atoms with Crippen molar-refractivity contribution in [2.45, 2.75) is 26.2 Å². The van der Waals surface area contributed by atoms with Crippen LogP contribution in [-0.4, -0.2) is 23.9 Å². The van der Waals surface area contributed by atoms with Crippen molar-refractivity contribution in [1.29, 1.82) is 0 Å². The molecule has 1 heterocycles. The molecule has 15 heavy (non-hydrogen) atoms. The lowest BCUT2D eigenvalue weighted by molar-refractivity contribution is 0.0711. The summed E-state index contributed by atoms with van der Waals surface area (Å²) in [6.07, 6.45) is 3.94. The van der Waals surface area contributed by atoms with E-state index in [0.29, 0.717) is 0 Å². The lowest BCUT2D eigenvalue weighted by Crippen LogP contribution is -2.36. The Morgan fingerprint density at radius 3 is 2.87 bits per heavy atom. The minimum Gasteiger partial charge on any atom is -0.338 e. The Morgan fingerprint density at radius 1 is 1.60 bits per heavy atom. The summed E-state index contributed by atoms with van der Waals surface area (Å²) >= 11 is 1.54. The van der Waals surface area contributed by atoms with Crippen LogP contribution in [0.4, 0.5) is 0 Å². The molecule has 1 fully saturated rings. The summed E-state index contributed by atoms with van der Waals surface area (Å²) in [4.78, 5) is 14.9. The molecule has 0 N–H and O–H groups in total.